The quantitative estimate of drug-likeness (QED) is 0.364. The highest BCUT2D eigenvalue weighted by Gasteiger charge is 2.32. The fraction of sp³-hybridized carbons (Fsp3) is 0.462. The Labute approximate surface area is 117 Å². The number of halogens is 5. The molecule has 0 spiro atoms. The van der Waals surface area contributed by atoms with Crippen molar-refractivity contribution in [2.24, 2.45) is 5.92 Å². The molecular formula is C13H12F5NO2. The van der Waals surface area contributed by atoms with Gasteiger partial charge < -0.3 is 9.64 Å². The second-order valence-corrected chi connectivity index (χ2v) is 4.70. The zero-order valence-corrected chi connectivity index (χ0v) is 11.1. The van der Waals surface area contributed by atoms with Gasteiger partial charge in [-0.3, -0.25) is 4.79 Å². The number of methoxy groups -OCH3 is 1. The smallest absolute Gasteiger partial charge is 0.308 e. The highest BCUT2D eigenvalue weighted by Crippen LogP contribution is 2.32. The lowest BCUT2D eigenvalue weighted by atomic mass is 9.96. The molecular weight excluding hydrogens is 297 g/mol. The van der Waals surface area contributed by atoms with E-state index in [1.165, 1.54) is 7.11 Å². The van der Waals surface area contributed by atoms with Crippen molar-refractivity contribution in [3.05, 3.63) is 29.1 Å². The molecule has 0 atom stereocenters. The maximum Gasteiger partial charge on any atom is 0.308 e. The SMILES string of the molecule is COC(=O)C1CCN(c2c(F)c(F)c(F)c(F)c2F)CC1. The van der Waals surface area contributed by atoms with Gasteiger partial charge in [-0.2, -0.15) is 0 Å². The first kappa shape index (κ1) is 15.5. The van der Waals surface area contributed by atoms with Crippen LogP contribution in [0.3, 0.4) is 0 Å². The van der Waals surface area contributed by atoms with Crippen LogP contribution in [0.15, 0.2) is 0 Å². The first-order chi connectivity index (χ1) is 9.88. The minimum Gasteiger partial charge on any atom is -0.469 e. The van der Waals surface area contributed by atoms with Crippen molar-refractivity contribution in [3.63, 3.8) is 0 Å². The zero-order chi connectivity index (χ0) is 15.7. The molecule has 1 fully saturated rings. The van der Waals surface area contributed by atoms with E-state index in [0.29, 0.717) is 0 Å². The first-order valence-corrected chi connectivity index (χ1v) is 6.22. The van der Waals surface area contributed by atoms with Gasteiger partial charge in [-0.25, -0.2) is 22.0 Å². The average Bonchev–Trinajstić information content (AvgIpc) is 2.51. The van der Waals surface area contributed by atoms with E-state index in [0.717, 1.165) is 4.90 Å². The zero-order valence-electron chi connectivity index (χ0n) is 11.1. The Morgan fingerprint density at radius 2 is 1.38 bits per heavy atom. The van der Waals surface area contributed by atoms with E-state index in [1.807, 2.05) is 0 Å². The summed E-state index contributed by atoms with van der Waals surface area (Å²) in [5.41, 5.74) is -0.949. The molecule has 0 bridgehead atoms. The summed E-state index contributed by atoms with van der Waals surface area (Å²) in [5, 5.41) is 0. The van der Waals surface area contributed by atoms with Crippen molar-refractivity contribution in [1.29, 1.82) is 0 Å². The molecule has 1 saturated heterocycles. The topological polar surface area (TPSA) is 29.5 Å². The van der Waals surface area contributed by atoms with Crippen LogP contribution in [0, 0.1) is 35.0 Å². The van der Waals surface area contributed by atoms with Crippen LogP contribution in [-0.2, 0) is 9.53 Å². The third-order valence-corrected chi connectivity index (χ3v) is 3.53. The number of hydrogen-bond donors (Lipinski definition) is 0. The predicted molar refractivity (Wildman–Crippen MR) is 63.2 cm³/mol. The van der Waals surface area contributed by atoms with Crippen molar-refractivity contribution in [2.45, 2.75) is 12.8 Å². The summed E-state index contributed by atoms with van der Waals surface area (Å²) < 4.78 is 71.1. The van der Waals surface area contributed by atoms with Crippen LogP contribution in [0.4, 0.5) is 27.6 Å². The van der Waals surface area contributed by atoms with Gasteiger partial charge in [0, 0.05) is 13.1 Å². The molecule has 1 aromatic carbocycles. The first-order valence-electron chi connectivity index (χ1n) is 6.22. The molecule has 1 aliphatic heterocycles. The van der Waals surface area contributed by atoms with E-state index in [9.17, 15) is 26.7 Å². The van der Waals surface area contributed by atoms with Crippen LogP contribution in [0.1, 0.15) is 12.8 Å². The molecule has 0 aliphatic carbocycles. The molecule has 1 heterocycles. The van der Waals surface area contributed by atoms with Crippen molar-refractivity contribution in [2.75, 3.05) is 25.1 Å². The van der Waals surface area contributed by atoms with Gasteiger partial charge in [0.1, 0.15) is 5.69 Å². The summed E-state index contributed by atoms with van der Waals surface area (Å²) in [6.07, 6.45) is 0.429. The second kappa shape index (κ2) is 5.87. The van der Waals surface area contributed by atoms with E-state index < -0.39 is 46.7 Å². The largest absolute Gasteiger partial charge is 0.469 e. The van der Waals surface area contributed by atoms with Crippen LogP contribution >= 0.6 is 0 Å². The van der Waals surface area contributed by atoms with Gasteiger partial charge in [0.05, 0.1) is 13.0 Å². The normalized spacial score (nSPS) is 16.2. The van der Waals surface area contributed by atoms with Gasteiger partial charge in [-0.1, -0.05) is 0 Å². The van der Waals surface area contributed by atoms with Gasteiger partial charge >= 0.3 is 5.97 Å². The highest BCUT2D eigenvalue weighted by atomic mass is 19.2. The van der Waals surface area contributed by atoms with Gasteiger partial charge in [-0.15, -0.1) is 0 Å². The number of carbonyl (C=O) groups is 1. The number of hydrogen-bond acceptors (Lipinski definition) is 3. The number of ether oxygens (including phenoxy) is 1. The molecule has 1 aliphatic rings. The number of nitrogens with zero attached hydrogens (tertiary/aromatic N) is 1. The van der Waals surface area contributed by atoms with E-state index in [1.54, 1.807) is 0 Å². The lowest BCUT2D eigenvalue weighted by molar-refractivity contribution is -0.146. The molecule has 1 aromatic rings. The van der Waals surface area contributed by atoms with Crippen LogP contribution in [0.25, 0.3) is 0 Å². The van der Waals surface area contributed by atoms with E-state index in [2.05, 4.69) is 4.74 Å². The monoisotopic (exact) mass is 309 g/mol. The van der Waals surface area contributed by atoms with Gasteiger partial charge in [0.15, 0.2) is 23.3 Å². The van der Waals surface area contributed by atoms with Gasteiger partial charge in [0.25, 0.3) is 0 Å². The number of piperidine rings is 1. The fourth-order valence-electron chi connectivity index (χ4n) is 2.38. The Bertz CT molecular complexity index is 541. The molecule has 8 heteroatoms. The third-order valence-electron chi connectivity index (χ3n) is 3.53. The Balaban J connectivity index is 2.27. The third kappa shape index (κ3) is 2.66. The highest BCUT2D eigenvalue weighted by molar-refractivity contribution is 5.72. The van der Waals surface area contributed by atoms with E-state index >= 15 is 0 Å². The fourth-order valence-corrected chi connectivity index (χ4v) is 2.38. The number of rotatable bonds is 2. The van der Waals surface area contributed by atoms with E-state index in [4.69, 9.17) is 0 Å². The number of carbonyl (C=O) groups excluding carboxylic acids is 1. The second-order valence-electron chi connectivity index (χ2n) is 4.70. The maximum absolute atomic E-state index is 13.7. The molecule has 3 nitrogen and oxygen atoms in total. The number of esters is 1. The Hall–Kier alpha value is -1.86. The Morgan fingerprint density at radius 1 is 0.952 bits per heavy atom. The number of benzene rings is 1. The van der Waals surface area contributed by atoms with Crippen LogP contribution in [0.5, 0.6) is 0 Å². The summed E-state index contributed by atoms with van der Waals surface area (Å²) in [5.74, 6) is -10.7. The van der Waals surface area contributed by atoms with Crippen molar-refractivity contribution >= 4 is 11.7 Å². The van der Waals surface area contributed by atoms with Crippen molar-refractivity contribution < 1.29 is 31.5 Å². The van der Waals surface area contributed by atoms with Crippen LogP contribution in [-0.4, -0.2) is 26.2 Å². The molecule has 21 heavy (non-hydrogen) atoms. The van der Waals surface area contributed by atoms with Gasteiger partial charge in [0.2, 0.25) is 5.82 Å². The molecule has 0 amide bonds. The minimum atomic E-state index is -2.18. The molecule has 116 valence electrons. The molecule has 0 radical (unpaired) electrons. The summed E-state index contributed by atoms with van der Waals surface area (Å²) in [6.45, 7) is -0.00373. The van der Waals surface area contributed by atoms with Crippen LogP contribution in [0.2, 0.25) is 0 Å². The van der Waals surface area contributed by atoms with Gasteiger partial charge in [-0.05, 0) is 12.8 Å². The average molecular weight is 309 g/mol. The standard InChI is InChI=1S/C13H12F5NO2/c1-21-13(20)6-2-4-19(5-3-6)12-10(17)8(15)7(14)9(16)11(12)18/h6H,2-5H2,1H3. The summed E-state index contributed by atoms with van der Waals surface area (Å²) >= 11 is 0. The molecule has 2 rings (SSSR count). The van der Waals surface area contributed by atoms with E-state index in [-0.39, 0.29) is 25.9 Å². The Morgan fingerprint density at radius 3 is 1.81 bits per heavy atom. The van der Waals surface area contributed by atoms with Crippen molar-refractivity contribution in [1.82, 2.24) is 0 Å². The maximum atomic E-state index is 13.7. The lowest BCUT2D eigenvalue weighted by Gasteiger charge is -2.32. The summed E-state index contributed by atoms with van der Waals surface area (Å²) in [4.78, 5) is 12.4. The molecule has 0 aromatic heterocycles. The summed E-state index contributed by atoms with van der Waals surface area (Å²) in [7, 11) is 1.22. The van der Waals surface area contributed by atoms with Crippen molar-refractivity contribution in [3.8, 4) is 0 Å². The predicted octanol–water partition coefficient (Wildman–Crippen LogP) is 2.77. The Kier molecular flexibility index (Phi) is 4.34. The lowest BCUT2D eigenvalue weighted by Crippen LogP contribution is -2.38. The molecule has 0 N–H and O–H groups in total. The molecule has 0 unspecified atom stereocenters. The molecule has 0 saturated carbocycles. The van der Waals surface area contributed by atoms with Crippen LogP contribution < -0.4 is 4.90 Å². The summed E-state index contributed by atoms with van der Waals surface area (Å²) in [6, 6.07) is 0. The number of anilines is 1. The minimum absolute atomic E-state index is 0.00187.